The quantitative estimate of drug-likeness (QED) is 0.722. The van der Waals surface area contributed by atoms with Gasteiger partial charge in [0.25, 0.3) is 0 Å². The van der Waals surface area contributed by atoms with Gasteiger partial charge in [0.1, 0.15) is 11.5 Å². The molecule has 6 heteroatoms. The van der Waals surface area contributed by atoms with Crippen molar-refractivity contribution < 1.29 is 14.3 Å². The van der Waals surface area contributed by atoms with Crippen molar-refractivity contribution in [1.82, 2.24) is 4.90 Å². The predicted molar refractivity (Wildman–Crippen MR) is 101 cm³/mol. The number of likely N-dealkylation sites (N-methyl/N-ethyl adjacent to an activating group) is 1. The molecule has 0 aromatic heterocycles. The molecule has 0 aliphatic heterocycles. The summed E-state index contributed by atoms with van der Waals surface area (Å²) in [4.78, 5) is 14.4. The molecule has 0 aliphatic carbocycles. The van der Waals surface area contributed by atoms with Crippen molar-refractivity contribution in [3.05, 3.63) is 57.6 Å². The Bertz CT molecular complexity index is 764. The fourth-order valence-corrected chi connectivity index (χ4v) is 3.12. The highest BCUT2D eigenvalue weighted by molar-refractivity contribution is 6.35. The molecule has 0 saturated carbocycles. The first-order valence-corrected chi connectivity index (χ1v) is 8.54. The van der Waals surface area contributed by atoms with Crippen molar-refractivity contribution in [2.24, 2.45) is 0 Å². The van der Waals surface area contributed by atoms with Crippen LogP contribution in [0.2, 0.25) is 10.0 Å². The molecule has 1 amide bonds. The van der Waals surface area contributed by atoms with Crippen LogP contribution in [-0.4, -0.2) is 32.1 Å². The highest BCUT2D eigenvalue weighted by Gasteiger charge is 2.21. The average molecular weight is 382 g/mol. The lowest BCUT2D eigenvalue weighted by molar-refractivity contribution is -0.131. The van der Waals surface area contributed by atoms with Crippen LogP contribution in [0.15, 0.2) is 36.4 Å². The minimum absolute atomic E-state index is 0.0398. The van der Waals surface area contributed by atoms with Gasteiger partial charge in [-0.1, -0.05) is 35.3 Å². The molecule has 1 atom stereocenters. The summed E-state index contributed by atoms with van der Waals surface area (Å²) >= 11 is 12.2. The van der Waals surface area contributed by atoms with E-state index in [9.17, 15) is 4.79 Å². The molecule has 1 unspecified atom stereocenters. The van der Waals surface area contributed by atoms with Crippen LogP contribution in [0, 0.1) is 0 Å². The lowest BCUT2D eigenvalue weighted by atomic mass is 10.1. The first-order valence-electron chi connectivity index (χ1n) is 7.79. The third kappa shape index (κ3) is 4.59. The first-order chi connectivity index (χ1) is 11.9. The number of carbonyl (C=O) groups is 1. The number of hydrogen-bond donors (Lipinski definition) is 0. The number of halogens is 2. The first kappa shape index (κ1) is 19.4. The van der Waals surface area contributed by atoms with Crippen molar-refractivity contribution in [3.8, 4) is 11.5 Å². The van der Waals surface area contributed by atoms with Crippen LogP contribution in [0.4, 0.5) is 0 Å². The van der Waals surface area contributed by atoms with Gasteiger partial charge in [-0.3, -0.25) is 4.79 Å². The highest BCUT2D eigenvalue weighted by Crippen LogP contribution is 2.30. The number of rotatable bonds is 6. The molecule has 0 bridgehead atoms. The predicted octanol–water partition coefficient (Wildman–Crippen LogP) is 4.77. The second-order valence-corrected chi connectivity index (χ2v) is 6.54. The number of carbonyl (C=O) groups excluding carboxylic acids is 1. The molecular weight excluding hydrogens is 361 g/mol. The number of amides is 1. The van der Waals surface area contributed by atoms with Gasteiger partial charge in [-0.2, -0.15) is 0 Å². The second kappa shape index (κ2) is 8.45. The molecule has 2 rings (SSSR count). The van der Waals surface area contributed by atoms with E-state index < -0.39 is 0 Å². The maximum absolute atomic E-state index is 12.7. The molecule has 0 N–H and O–H groups in total. The fourth-order valence-electron chi connectivity index (χ4n) is 2.55. The Morgan fingerprint density at radius 3 is 2.44 bits per heavy atom. The van der Waals surface area contributed by atoms with Gasteiger partial charge in [0.15, 0.2) is 0 Å². The summed E-state index contributed by atoms with van der Waals surface area (Å²) in [5.74, 6) is 1.27. The summed E-state index contributed by atoms with van der Waals surface area (Å²) in [6.07, 6.45) is 0.221. The number of methoxy groups -OCH3 is 2. The van der Waals surface area contributed by atoms with Crippen LogP contribution in [0.3, 0.4) is 0 Å². The Labute approximate surface area is 158 Å². The number of ether oxygens (including phenoxy) is 2. The molecule has 0 spiro atoms. The summed E-state index contributed by atoms with van der Waals surface area (Å²) in [6, 6.07) is 10.5. The molecule has 25 heavy (non-hydrogen) atoms. The van der Waals surface area contributed by atoms with E-state index in [1.165, 1.54) is 0 Å². The zero-order valence-corrected chi connectivity index (χ0v) is 16.2. The van der Waals surface area contributed by atoms with Gasteiger partial charge in [-0.05, 0) is 30.7 Å². The van der Waals surface area contributed by atoms with E-state index in [0.717, 1.165) is 11.1 Å². The van der Waals surface area contributed by atoms with Gasteiger partial charge in [0.2, 0.25) is 5.91 Å². The van der Waals surface area contributed by atoms with Gasteiger partial charge in [0.05, 0.1) is 26.7 Å². The summed E-state index contributed by atoms with van der Waals surface area (Å²) in [6.45, 7) is 1.93. The maximum atomic E-state index is 12.7. The number of benzene rings is 2. The Morgan fingerprint density at radius 2 is 1.84 bits per heavy atom. The minimum Gasteiger partial charge on any atom is -0.497 e. The molecule has 0 radical (unpaired) electrons. The number of hydrogen-bond acceptors (Lipinski definition) is 3. The normalized spacial score (nSPS) is 11.8. The SMILES string of the molecule is COc1ccc(CC(=O)N(C)C(C)c2ccc(Cl)cc2Cl)c(OC)c1. The molecule has 0 fully saturated rings. The fraction of sp³-hybridized carbons (Fsp3) is 0.316. The van der Waals surface area contributed by atoms with E-state index >= 15 is 0 Å². The molecular formula is C19H21Cl2NO3. The third-order valence-corrected chi connectivity index (χ3v) is 4.79. The van der Waals surface area contributed by atoms with Gasteiger partial charge in [-0.15, -0.1) is 0 Å². The van der Waals surface area contributed by atoms with Gasteiger partial charge in [0, 0.05) is 28.7 Å². The molecule has 134 valence electrons. The molecule has 0 heterocycles. The highest BCUT2D eigenvalue weighted by atomic mass is 35.5. The molecule has 0 aliphatic rings. The standard InChI is InChI=1S/C19H21Cl2NO3/c1-12(16-8-6-14(20)10-17(16)21)22(2)19(23)9-13-5-7-15(24-3)11-18(13)25-4/h5-8,10-12H,9H2,1-4H3. The largest absolute Gasteiger partial charge is 0.497 e. The topological polar surface area (TPSA) is 38.8 Å². The van der Waals surface area contributed by atoms with E-state index in [2.05, 4.69) is 0 Å². The smallest absolute Gasteiger partial charge is 0.227 e. The van der Waals surface area contributed by atoms with Crippen molar-refractivity contribution in [1.29, 1.82) is 0 Å². The maximum Gasteiger partial charge on any atom is 0.227 e. The van der Waals surface area contributed by atoms with Gasteiger partial charge < -0.3 is 14.4 Å². The van der Waals surface area contributed by atoms with Crippen molar-refractivity contribution in [2.75, 3.05) is 21.3 Å². The van der Waals surface area contributed by atoms with E-state index in [1.54, 1.807) is 44.4 Å². The van der Waals surface area contributed by atoms with E-state index in [1.807, 2.05) is 25.1 Å². The Hall–Kier alpha value is -1.91. The summed E-state index contributed by atoms with van der Waals surface area (Å²) in [5, 5.41) is 1.11. The molecule has 0 saturated heterocycles. The molecule has 4 nitrogen and oxygen atoms in total. The Kier molecular flexibility index (Phi) is 6.57. The van der Waals surface area contributed by atoms with E-state index in [4.69, 9.17) is 32.7 Å². The van der Waals surface area contributed by atoms with E-state index in [-0.39, 0.29) is 18.4 Å². The summed E-state index contributed by atoms with van der Waals surface area (Å²) < 4.78 is 10.5. The van der Waals surface area contributed by atoms with Gasteiger partial charge in [-0.25, -0.2) is 0 Å². The van der Waals surface area contributed by atoms with Crippen LogP contribution in [0.5, 0.6) is 11.5 Å². The van der Waals surface area contributed by atoms with Crippen molar-refractivity contribution >= 4 is 29.1 Å². The molecule has 2 aromatic carbocycles. The Morgan fingerprint density at radius 1 is 1.12 bits per heavy atom. The minimum atomic E-state index is -0.179. The van der Waals surface area contributed by atoms with Crippen LogP contribution in [0.25, 0.3) is 0 Å². The van der Waals surface area contributed by atoms with Crippen LogP contribution in [0.1, 0.15) is 24.1 Å². The summed E-state index contributed by atoms with van der Waals surface area (Å²) in [5.41, 5.74) is 1.65. The Balaban J connectivity index is 2.17. The van der Waals surface area contributed by atoms with Crippen LogP contribution in [-0.2, 0) is 11.2 Å². The van der Waals surface area contributed by atoms with Crippen molar-refractivity contribution in [3.63, 3.8) is 0 Å². The van der Waals surface area contributed by atoms with Gasteiger partial charge >= 0.3 is 0 Å². The second-order valence-electron chi connectivity index (χ2n) is 5.70. The van der Waals surface area contributed by atoms with Crippen LogP contribution >= 0.6 is 23.2 Å². The monoisotopic (exact) mass is 381 g/mol. The van der Waals surface area contributed by atoms with E-state index in [0.29, 0.717) is 21.5 Å². The summed E-state index contributed by atoms with van der Waals surface area (Å²) in [7, 11) is 4.92. The number of nitrogens with zero attached hydrogens (tertiary/aromatic N) is 1. The average Bonchev–Trinajstić information content (AvgIpc) is 2.60. The third-order valence-electron chi connectivity index (χ3n) is 4.22. The van der Waals surface area contributed by atoms with Crippen molar-refractivity contribution in [2.45, 2.75) is 19.4 Å². The zero-order chi connectivity index (χ0) is 18.6. The zero-order valence-electron chi connectivity index (χ0n) is 14.7. The lowest BCUT2D eigenvalue weighted by Gasteiger charge is -2.26. The van der Waals surface area contributed by atoms with Crippen LogP contribution < -0.4 is 9.47 Å². The lowest BCUT2D eigenvalue weighted by Crippen LogP contribution is -2.31. The molecule has 2 aromatic rings.